The zero-order valence-electron chi connectivity index (χ0n) is 8.30. The first-order valence-electron chi connectivity index (χ1n) is 5.29. The summed E-state index contributed by atoms with van der Waals surface area (Å²) in [4.78, 5) is 0. The van der Waals surface area contributed by atoms with Crippen LogP contribution in [0, 0.1) is 5.92 Å². The SMILES string of the molecule is CCCC[C@@H](O)[C@@H]1CCCC=C1Br. The number of unbranched alkanes of at least 4 members (excludes halogenated alkanes) is 1. The predicted molar refractivity (Wildman–Crippen MR) is 59.9 cm³/mol. The second-order valence-corrected chi connectivity index (χ2v) is 4.75. The predicted octanol–water partition coefficient (Wildman–Crippen LogP) is 3.62. The highest BCUT2D eigenvalue weighted by atomic mass is 79.9. The first-order valence-corrected chi connectivity index (χ1v) is 6.08. The quantitative estimate of drug-likeness (QED) is 0.804. The second-order valence-electron chi connectivity index (χ2n) is 3.84. The Labute approximate surface area is 89.4 Å². The first kappa shape index (κ1) is 11.3. The molecule has 76 valence electrons. The largest absolute Gasteiger partial charge is 0.392 e. The molecule has 0 unspecified atom stereocenters. The molecule has 0 heterocycles. The molecule has 0 amide bonds. The van der Waals surface area contributed by atoms with Crippen molar-refractivity contribution in [2.75, 3.05) is 0 Å². The molecular formula is C11H19BrO. The Hall–Kier alpha value is 0.180. The van der Waals surface area contributed by atoms with Crippen molar-refractivity contribution in [2.45, 2.75) is 51.6 Å². The second kappa shape index (κ2) is 5.82. The molecule has 0 saturated carbocycles. The van der Waals surface area contributed by atoms with Crippen LogP contribution in [0.15, 0.2) is 10.6 Å². The van der Waals surface area contributed by atoms with E-state index in [0.717, 1.165) is 25.7 Å². The summed E-state index contributed by atoms with van der Waals surface area (Å²) < 4.78 is 1.22. The molecule has 13 heavy (non-hydrogen) atoms. The van der Waals surface area contributed by atoms with E-state index in [9.17, 15) is 5.11 Å². The van der Waals surface area contributed by atoms with E-state index in [1.165, 1.54) is 17.3 Å². The highest BCUT2D eigenvalue weighted by Gasteiger charge is 2.22. The van der Waals surface area contributed by atoms with Crippen molar-refractivity contribution in [3.8, 4) is 0 Å². The number of aliphatic hydroxyl groups excluding tert-OH is 1. The van der Waals surface area contributed by atoms with Gasteiger partial charge in [-0.1, -0.05) is 41.8 Å². The Morgan fingerprint density at radius 3 is 3.08 bits per heavy atom. The van der Waals surface area contributed by atoms with E-state index in [1.54, 1.807) is 0 Å². The van der Waals surface area contributed by atoms with Crippen LogP contribution in [-0.4, -0.2) is 11.2 Å². The molecule has 1 aliphatic carbocycles. The molecule has 1 aliphatic rings. The fraction of sp³-hybridized carbons (Fsp3) is 0.818. The fourth-order valence-electron chi connectivity index (χ4n) is 1.86. The summed E-state index contributed by atoms with van der Waals surface area (Å²) in [5.74, 6) is 0.375. The summed E-state index contributed by atoms with van der Waals surface area (Å²) in [6.45, 7) is 2.17. The average molecular weight is 247 g/mol. The lowest BCUT2D eigenvalue weighted by atomic mass is 9.88. The van der Waals surface area contributed by atoms with Gasteiger partial charge in [-0.25, -0.2) is 0 Å². The summed E-state index contributed by atoms with van der Waals surface area (Å²) in [5, 5.41) is 9.90. The van der Waals surface area contributed by atoms with Crippen LogP contribution in [-0.2, 0) is 0 Å². The minimum atomic E-state index is -0.133. The molecule has 0 aliphatic heterocycles. The van der Waals surface area contributed by atoms with Crippen molar-refractivity contribution in [3.63, 3.8) is 0 Å². The van der Waals surface area contributed by atoms with Crippen molar-refractivity contribution in [1.29, 1.82) is 0 Å². The van der Waals surface area contributed by atoms with Gasteiger partial charge in [-0.15, -0.1) is 0 Å². The van der Waals surface area contributed by atoms with Crippen LogP contribution in [0.5, 0.6) is 0 Å². The molecule has 0 aromatic rings. The number of rotatable bonds is 4. The van der Waals surface area contributed by atoms with Gasteiger partial charge in [-0.05, 0) is 30.2 Å². The fourth-order valence-corrected chi connectivity index (χ4v) is 2.62. The van der Waals surface area contributed by atoms with Gasteiger partial charge in [-0.3, -0.25) is 0 Å². The molecule has 2 heteroatoms. The van der Waals surface area contributed by atoms with Crippen LogP contribution >= 0.6 is 15.9 Å². The van der Waals surface area contributed by atoms with Crippen molar-refractivity contribution < 1.29 is 5.11 Å². The van der Waals surface area contributed by atoms with E-state index in [2.05, 4.69) is 28.9 Å². The Kier molecular flexibility index (Phi) is 5.04. The van der Waals surface area contributed by atoms with Crippen LogP contribution < -0.4 is 0 Å². The third-order valence-electron chi connectivity index (χ3n) is 2.73. The lowest BCUT2D eigenvalue weighted by Gasteiger charge is -2.25. The van der Waals surface area contributed by atoms with Crippen molar-refractivity contribution >= 4 is 15.9 Å². The highest BCUT2D eigenvalue weighted by molar-refractivity contribution is 9.11. The van der Waals surface area contributed by atoms with Crippen molar-refractivity contribution in [2.24, 2.45) is 5.92 Å². The van der Waals surface area contributed by atoms with Crippen LogP contribution in [0.4, 0.5) is 0 Å². The van der Waals surface area contributed by atoms with Gasteiger partial charge in [0.05, 0.1) is 6.10 Å². The smallest absolute Gasteiger partial charge is 0.0613 e. The highest BCUT2D eigenvalue weighted by Crippen LogP contribution is 2.33. The maximum atomic E-state index is 9.90. The Morgan fingerprint density at radius 2 is 2.46 bits per heavy atom. The maximum Gasteiger partial charge on any atom is 0.0613 e. The molecule has 0 bridgehead atoms. The van der Waals surface area contributed by atoms with Gasteiger partial charge < -0.3 is 5.11 Å². The van der Waals surface area contributed by atoms with Crippen molar-refractivity contribution in [1.82, 2.24) is 0 Å². The summed E-state index contributed by atoms with van der Waals surface area (Å²) >= 11 is 3.55. The van der Waals surface area contributed by atoms with Gasteiger partial charge in [0.25, 0.3) is 0 Å². The van der Waals surface area contributed by atoms with Crippen molar-refractivity contribution in [3.05, 3.63) is 10.6 Å². The monoisotopic (exact) mass is 246 g/mol. The van der Waals surface area contributed by atoms with Gasteiger partial charge in [0.2, 0.25) is 0 Å². The molecule has 0 spiro atoms. The molecular weight excluding hydrogens is 228 g/mol. The number of aliphatic hydroxyl groups is 1. The third-order valence-corrected chi connectivity index (χ3v) is 3.64. The average Bonchev–Trinajstić information content (AvgIpc) is 2.15. The van der Waals surface area contributed by atoms with E-state index in [-0.39, 0.29) is 6.10 Å². The summed E-state index contributed by atoms with van der Waals surface area (Å²) in [6.07, 6.45) is 8.87. The summed E-state index contributed by atoms with van der Waals surface area (Å²) in [6, 6.07) is 0. The lowest BCUT2D eigenvalue weighted by molar-refractivity contribution is 0.109. The van der Waals surface area contributed by atoms with Gasteiger partial charge in [-0.2, -0.15) is 0 Å². The Balaban J connectivity index is 2.40. The third kappa shape index (κ3) is 3.43. The number of hydrogen-bond donors (Lipinski definition) is 1. The number of allylic oxidation sites excluding steroid dienone is 1. The van der Waals surface area contributed by atoms with E-state index in [0.29, 0.717) is 5.92 Å². The zero-order valence-corrected chi connectivity index (χ0v) is 9.89. The molecule has 0 fully saturated rings. The molecule has 2 atom stereocenters. The van der Waals surface area contributed by atoms with Gasteiger partial charge >= 0.3 is 0 Å². The Morgan fingerprint density at radius 1 is 1.69 bits per heavy atom. The minimum absolute atomic E-state index is 0.133. The first-order chi connectivity index (χ1) is 6.25. The van der Waals surface area contributed by atoms with Crippen LogP contribution in [0.25, 0.3) is 0 Å². The summed E-state index contributed by atoms with van der Waals surface area (Å²) in [5.41, 5.74) is 0. The van der Waals surface area contributed by atoms with Crippen LogP contribution in [0.3, 0.4) is 0 Å². The molecule has 1 nitrogen and oxygen atoms in total. The molecule has 1 rings (SSSR count). The molecule has 0 aromatic heterocycles. The van der Waals surface area contributed by atoms with E-state index in [4.69, 9.17) is 0 Å². The molecule has 0 radical (unpaired) electrons. The summed E-state index contributed by atoms with van der Waals surface area (Å²) in [7, 11) is 0. The van der Waals surface area contributed by atoms with Gasteiger partial charge in [0.15, 0.2) is 0 Å². The number of halogens is 1. The minimum Gasteiger partial charge on any atom is -0.392 e. The Bertz CT molecular complexity index is 177. The van der Waals surface area contributed by atoms with E-state index >= 15 is 0 Å². The van der Waals surface area contributed by atoms with Gasteiger partial charge in [0, 0.05) is 5.92 Å². The van der Waals surface area contributed by atoms with Crippen LogP contribution in [0.1, 0.15) is 45.4 Å². The van der Waals surface area contributed by atoms with Gasteiger partial charge in [0.1, 0.15) is 0 Å². The maximum absolute atomic E-state index is 9.90. The van der Waals surface area contributed by atoms with E-state index in [1.807, 2.05) is 0 Å². The topological polar surface area (TPSA) is 20.2 Å². The molecule has 0 aromatic carbocycles. The lowest BCUT2D eigenvalue weighted by Crippen LogP contribution is -2.22. The number of hydrogen-bond acceptors (Lipinski definition) is 1. The molecule has 1 N–H and O–H groups in total. The standard InChI is InChI=1S/C11H19BrO/c1-2-3-8-11(13)9-6-4-5-7-10(9)12/h7,9,11,13H,2-6,8H2,1H3/t9-,11-/m1/s1. The normalized spacial score (nSPS) is 25.5. The zero-order chi connectivity index (χ0) is 9.68. The van der Waals surface area contributed by atoms with E-state index < -0.39 is 0 Å². The van der Waals surface area contributed by atoms with Crippen LogP contribution in [0.2, 0.25) is 0 Å². The molecule has 0 saturated heterocycles.